The highest BCUT2D eigenvalue weighted by molar-refractivity contribution is 5.82. The molecule has 1 aliphatic carbocycles. The lowest BCUT2D eigenvalue weighted by Gasteiger charge is -2.34. The predicted octanol–water partition coefficient (Wildman–Crippen LogP) is 6.14. The Hall–Kier alpha value is -3.78. The van der Waals surface area contributed by atoms with Crippen molar-refractivity contribution in [2.24, 2.45) is 12.5 Å². The van der Waals surface area contributed by atoms with E-state index in [0.29, 0.717) is 0 Å². The molecule has 2 aromatic carbocycles. The third kappa shape index (κ3) is 4.75. The highest BCUT2D eigenvalue weighted by atomic mass is 16.5. The molecule has 0 bridgehead atoms. The van der Waals surface area contributed by atoms with Crippen LogP contribution in [0.25, 0.3) is 11.0 Å². The number of aryl methyl sites for hydroxylation is 3. The molecule has 8 heteroatoms. The fourth-order valence-electron chi connectivity index (χ4n) is 7.06. The van der Waals surface area contributed by atoms with Crippen LogP contribution in [0.1, 0.15) is 91.6 Å². The summed E-state index contributed by atoms with van der Waals surface area (Å²) in [6.45, 7) is 11.7. The summed E-state index contributed by atoms with van der Waals surface area (Å²) in [4.78, 5) is 20.0. The lowest BCUT2D eigenvalue weighted by Crippen LogP contribution is -2.35. The molecule has 0 radical (unpaired) electrons. The molecule has 0 saturated carbocycles. The summed E-state index contributed by atoms with van der Waals surface area (Å²) in [5.41, 5.74) is 8.74. The van der Waals surface area contributed by atoms with Crippen molar-refractivity contribution < 1.29 is 14.6 Å². The van der Waals surface area contributed by atoms with Gasteiger partial charge in [0.1, 0.15) is 17.4 Å². The van der Waals surface area contributed by atoms with Crippen molar-refractivity contribution in [3.05, 3.63) is 81.7 Å². The molecule has 42 heavy (non-hydrogen) atoms. The summed E-state index contributed by atoms with van der Waals surface area (Å²) >= 11 is 0. The van der Waals surface area contributed by atoms with E-state index >= 15 is 0 Å². The molecule has 8 nitrogen and oxygen atoms in total. The first kappa shape index (κ1) is 28.3. The third-order valence-corrected chi connectivity index (χ3v) is 9.63. The average molecular weight is 568 g/mol. The van der Waals surface area contributed by atoms with Crippen LogP contribution in [0.15, 0.2) is 42.6 Å². The first-order valence-electron chi connectivity index (χ1n) is 15.1. The minimum Gasteiger partial charge on any atom is -0.487 e. The first-order valence-corrected chi connectivity index (χ1v) is 15.1. The van der Waals surface area contributed by atoms with Crippen LogP contribution in [0.2, 0.25) is 0 Å². The van der Waals surface area contributed by atoms with Gasteiger partial charge in [-0.3, -0.25) is 14.7 Å². The fraction of sp³-hybridized carbons (Fsp3) is 0.471. The average Bonchev–Trinajstić information content (AvgIpc) is 3.57. The van der Waals surface area contributed by atoms with E-state index in [2.05, 4.69) is 47.3 Å². The van der Waals surface area contributed by atoms with Gasteiger partial charge < -0.3 is 9.84 Å². The van der Waals surface area contributed by atoms with Crippen LogP contribution in [0, 0.1) is 12.3 Å². The number of rotatable bonds is 7. The Morgan fingerprint density at radius 2 is 2.02 bits per heavy atom. The number of carboxylic acids is 1. The summed E-state index contributed by atoms with van der Waals surface area (Å²) in [6.07, 6.45) is 6.01. The van der Waals surface area contributed by atoms with Crippen LogP contribution in [0.3, 0.4) is 0 Å². The largest absolute Gasteiger partial charge is 0.487 e. The van der Waals surface area contributed by atoms with Gasteiger partial charge in [0.15, 0.2) is 0 Å². The quantitative estimate of drug-likeness (QED) is 0.287. The van der Waals surface area contributed by atoms with Crippen molar-refractivity contribution in [3.63, 3.8) is 0 Å². The van der Waals surface area contributed by atoms with Crippen molar-refractivity contribution in [3.8, 4) is 5.75 Å². The number of hydrogen-bond acceptors (Lipinski definition) is 6. The minimum atomic E-state index is -1.05. The number of pyridine rings is 1. The molecule has 4 aromatic rings. The molecule has 0 spiro atoms. The number of carbonyl (C=O) groups is 1. The summed E-state index contributed by atoms with van der Waals surface area (Å²) in [5.74, 6) is -0.307. The van der Waals surface area contributed by atoms with E-state index in [-0.39, 0.29) is 18.1 Å². The highest BCUT2D eigenvalue weighted by Crippen LogP contribution is 2.45. The maximum Gasteiger partial charge on any atom is 0.310 e. The van der Waals surface area contributed by atoms with Gasteiger partial charge in [-0.1, -0.05) is 30.3 Å². The lowest BCUT2D eigenvalue weighted by atomic mass is 9.69. The zero-order valence-electron chi connectivity index (χ0n) is 25.5. The van der Waals surface area contributed by atoms with E-state index in [1.807, 2.05) is 52.2 Å². The Morgan fingerprint density at radius 1 is 1.21 bits per heavy atom. The number of carboxylic acid groups (broad SMARTS) is 1. The van der Waals surface area contributed by atoms with Gasteiger partial charge in [-0.2, -0.15) is 0 Å². The second kappa shape index (κ2) is 10.8. The molecule has 220 valence electrons. The van der Waals surface area contributed by atoms with Crippen molar-refractivity contribution >= 4 is 17.0 Å². The predicted molar refractivity (Wildman–Crippen MR) is 163 cm³/mol. The zero-order chi connectivity index (χ0) is 29.8. The van der Waals surface area contributed by atoms with E-state index in [9.17, 15) is 9.90 Å². The van der Waals surface area contributed by atoms with Crippen LogP contribution >= 0.6 is 0 Å². The van der Waals surface area contributed by atoms with Crippen LogP contribution in [0.4, 0.5) is 0 Å². The highest BCUT2D eigenvalue weighted by Gasteiger charge is 2.41. The smallest absolute Gasteiger partial charge is 0.310 e. The van der Waals surface area contributed by atoms with Gasteiger partial charge in [0.05, 0.1) is 22.7 Å². The number of fused-ring (bicyclic) bond motifs is 3. The fourth-order valence-corrected chi connectivity index (χ4v) is 7.06. The molecule has 2 aromatic heterocycles. The van der Waals surface area contributed by atoms with Gasteiger partial charge >= 0.3 is 5.97 Å². The SMILES string of the molecule is CC[C@@H]1CN(Cc2cc([C@@H](c3ccc4c(nnn4C)c3C)C(C)(C)C(=O)O)cc3c2CCC3)[C@@H](C)c2ncccc2O1. The molecule has 3 atom stereocenters. The Labute approximate surface area is 247 Å². The number of aliphatic carboxylic acids is 1. The van der Waals surface area contributed by atoms with Gasteiger partial charge in [0.2, 0.25) is 0 Å². The molecule has 0 saturated heterocycles. The second-order valence-electron chi connectivity index (χ2n) is 12.6. The van der Waals surface area contributed by atoms with Crippen LogP contribution < -0.4 is 4.74 Å². The van der Waals surface area contributed by atoms with Crippen molar-refractivity contribution in [2.75, 3.05) is 6.54 Å². The monoisotopic (exact) mass is 567 g/mol. The van der Waals surface area contributed by atoms with E-state index < -0.39 is 11.4 Å². The van der Waals surface area contributed by atoms with E-state index in [0.717, 1.165) is 77.9 Å². The van der Waals surface area contributed by atoms with Crippen LogP contribution in [-0.4, -0.2) is 48.6 Å². The standard InChI is InChI=1S/C34H41N5O3/c1-7-25-19-39(21(3)32-29(42-25)12-9-15-35-32)18-24-17-23(16-22-10-8-11-27(22)24)30(34(4,5)33(40)41)26-13-14-28-31(20(26)2)36-37-38(28)6/h9,12-17,21,25,30H,7-8,10-11,18-19H2,1-6H3,(H,40,41)/t21-,25+,30-/m0/s1. The molecule has 1 N–H and O–H groups in total. The molecule has 1 aliphatic heterocycles. The minimum absolute atomic E-state index is 0.0779. The topological polar surface area (TPSA) is 93.4 Å². The Kier molecular flexibility index (Phi) is 7.29. The van der Waals surface area contributed by atoms with Gasteiger partial charge in [-0.15, -0.1) is 5.10 Å². The van der Waals surface area contributed by atoms with Gasteiger partial charge in [0.25, 0.3) is 0 Å². The van der Waals surface area contributed by atoms with Crippen LogP contribution in [0.5, 0.6) is 5.75 Å². The number of ether oxygens (including phenoxy) is 1. The number of hydrogen-bond donors (Lipinski definition) is 1. The molecule has 6 rings (SSSR count). The summed E-state index contributed by atoms with van der Waals surface area (Å²) in [7, 11) is 1.88. The van der Waals surface area contributed by atoms with E-state index in [1.54, 1.807) is 4.68 Å². The van der Waals surface area contributed by atoms with Crippen molar-refractivity contribution in [1.29, 1.82) is 0 Å². The first-order chi connectivity index (χ1) is 20.1. The molecular formula is C34H41N5O3. The molecule has 0 amide bonds. The summed E-state index contributed by atoms with van der Waals surface area (Å²) in [6, 6.07) is 12.7. The Morgan fingerprint density at radius 3 is 2.79 bits per heavy atom. The Bertz CT molecular complexity index is 1660. The maximum absolute atomic E-state index is 12.8. The van der Waals surface area contributed by atoms with Crippen molar-refractivity contribution in [2.45, 2.75) is 84.9 Å². The third-order valence-electron chi connectivity index (χ3n) is 9.63. The molecule has 2 aliphatic rings. The zero-order valence-corrected chi connectivity index (χ0v) is 25.5. The second-order valence-corrected chi connectivity index (χ2v) is 12.6. The van der Waals surface area contributed by atoms with Gasteiger partial charge in [-0.05, 0) is 105 Å². The van der Waals surface area contributed by atoms with Gasteiger partial charge in [0, 0.05) is 32.3 Å². The van der Waals surface area contributed by atoms with Crippen molar-refractivity contribution in [1.82, 2.24) is 24.9 Å². The lowest BCUT2D eigenvalue weighted by molar-refractivity contribution is -0.147. The summed E-state index contributed by atoms with van der Waals surface area (Å²) < 4.78 is 8.16. The molecule has 0 unspecified atom stereocenters. The normalized spacial score (nSPS) is 19.7. The number of nitrogens with zero attached hydrogens (tertiary/aromatic N) is 5. The maximum atomic E-state index is 12.8. The Balaban J connectivity index is 1.47. The van der Waals surface area contributed by atoms with E-state index in [4.69, 9.17) is 9.72 Å². The molecule has 0 fully saturated rings. The van der Waals surface area contributed by atoms with Crippen LogP contribution in [-0.2, 0) is 31.2 Å². The molecule has 3 heterocycles. The van der Waals surface area contributed by atoms with Gasteiger partial charge in [-0.25, -0.2) is 4.68 Å². The summed E-state index contributed by atoms with van der Waals surface area (Å²) in [5, 5.41) is 19.2. The number of benzene rings is 2. The molecular weight excluding hydrogens is 526 g/mol. The van der Waals surface area contributed by atoms with E-state index in [1.165, 1.54) is 16.7 Å². The number of aromatic nitrogens is 4.